The number of hydrogen-bond acceptors (Lipinski definition) is 9. The number of anilines is 1. The maximum atomic E-state index is 12.7. The highest BCUT2D eigenvalue weighted by Gasteiger charge is 2.35. The number of carbonyl (C=O) groups excluding carboxylic acids is 2. The fourth-order valence-corrected chi connectivity index (χ4v) is 3.51. The average molecular weight is 513 g/mol. The van der Waals surface area contributed by atoms with Crippen LogP contribution in [0.3, 0.4) is 0 Å². The molecule has 0 aliphatic rings. The molecule has 0 N–H and O–H groups in total. The third-order valence-corrected chi connectivity index (χ3v) is 6.20. The molecule has 0 aliphatic carbocycles. The molecule has 2 aromatic carbocycles. The summed E-state index contributed by atoms with van der Waals surface area (Å²) < 4.78 is 10.4. The number of esters is 2. The van der Waals surface area contributed by atoms with Gasteiger partial charge in [0.2, 0.25) is 0 Å². The highest BCUT2D eigenvalue weighted by Crippen LogP contribution is 2.33. The molecule has 0 aliphatic heterocycles. The number of non-ortho nitro benzene ring substituents is 1. The predicted octanol–water partition coefficient (Wildman–Crippen LogP) is 6.39. The number of nitrogens with zero attached hydrogens (tertiary/aromatic N) is 4. The highest BCUT2D eigenvalue weighted by atomic mass is 16.6. The molecule has 0 bridgehead atoms. The van der Waals surface area contributed by atoms with Crippen molar-refractivity contribution < 1.29 is 24.0 Å². The Labute approximate surface area is 217 Å². The number of azo groups is 1. The van der Waals surface area contributed by atoms with Crippen LogP contribution in [0.2, 0.25) is 0 Å². The van der Waals surface area contributed by atoms with Crippen LogP contribution in [-0.2, 0) is 19.1 Å². The molecule has 0 radical (unpaired) electrons. The molecule has 0 saturated heterocycles. The molecular weight excluding hydrogens is 476 g/mol. The first-order valence-corrected chi connectivity index (χ1v) is 12.2. The van der Waals surface area contributed by atoms with Crippen molar-refractivity contribution in [2.45, 2.75) is 47.5 Å². The Morgan fingerprint density at radius 3 is 1.84 bits per heavy atom. The smallest absolute Gasteiger partial charge is 0.311 e. The molecule has 0 atom stereocenters. The molecule has 2 rings (SSSR count). The number of benzene rings is 2. The summed E-state index contributed by atoms with van der Waals surface area (Å²) in [6.07, 6.45) is 1.01. The second-order valence-corrected chi connectivity index (χ2v) is 9.96. The van der Waals surface area contributed by atoms with Crippen molar-refractivity contribution in [3.05, 3.63) is 58.6 Å². The maximum Gasteiger partial charge on any atom is 0.311 e. The van der Waals surface area contributed by atoms with E-state index in [4.69, 9.17) is 9.47 Å². The van der Waals surface area contributed by atoms with Crippen LogP contribution in [0.1, 0.15) is 47.5 Å². The van der Waals surface area contributed by atoms with E-state index in [-0.39, 0.29) is 24.2 Å². The molecular formula is C27H36N4O6. The first kappa shape index (κ1) is 29.4. The Morgan fingerprint density at radius 1 is 0.892 bits per heavy atom. The van der Waals surface area contributed by atoms with E-state index < -0.39 is 15.8 Å². The van der Waals surface area contributed by atoms with E-state index in [1.165, 1.54) is 31.4 Å². The largest absolute Gasteiger partial charge is 0.469 e. The van der Waals surface area contributed by atoms with Gasteiger partial charge >= 0.3 is 11.9 Å². The summed E-state index contributed by atoms with van der Waals surface area (Å²) in [4.78, 5) is 37.0. The third kappa shape index (κ3) is 8.66. The average Bonchev–Trinajstić information content (AvgIpc) is 2.88. The second-order valence-electron chi connectivity index (χ2n) is 9.96. The van der Waals surface area contributed by atoms with E-state index in [0.29, 0.717) is 30.8 Å². The molecule has 0 fully saturated rings. The summed E-state index contributed by atoms with van der Waals surface area (Å²) >= 11 is 0. The first-order chi connectivity index (χ1) is 17.4. The minimum absolute atomic E-state index is 0.000264. The number of nitro groups is 1. The Kier molecular flexibility index (Phi) is 10.3. The first-order valence-electron chi connectivity index (χ1n) is 12.2. The molecule has 0 spiro atoms. The van der Waals surface area contributed by atoms with Crippen LogP contribution in [0.15, 0.2) is 58.8 Å². The number of hydrogen-bond donors (Lipinski definition) is 0. The van der Waals surface area contributed by atoms with Gasteiger partial charge in [0.15, 0.2) is 0 Å². The van der Waals surface area contributed by atoms with Gasteiger partial charge in [-0.1, -0.05) is 0 Å². The topological polar surface area (TPSA) is 124 Å². The highest BCUT2D eigenvalue weighted by molar-refractivity contribution is 5.77. The molecule has 0 amide bonds. The summed E-state index contributed by atoms with van der Waals surface area (Å²) in [6.45, 7) is 10.8. The Balaban J connectivity index is 1.89. The molecule has 0 saturated carbocycles. The molecule has 2 aromatic rings. The van der Waals surface area contributed by atoms with E-state index in [0.717, 1.165) is 12.2 Å². The fraction of sp³-hybridized carbons (Fsp3) is 0.481. The van der Waals surface area contributed by atoms with Crippen LogP contribution in [0, 0.1) is 20.9 Å². The number of ether oxygens (including phenoxy) is 2. The second kappa shape index (κ2) is 12.9. The Bertz CT molecular complexity index is 1090. The molecule has 37 heavy (non-hydrogen) atoms. The lowest BCUT2D eigenvalue weighted by Crippen LogP contribution is -2.34. The van der Waals surface area contributed by atoms with Crippen molar-refractivity contribution in [2.24, 2.45) is 21.1 Å². The monoisotopic (exact) mass is 512 g/mol. The summed E-state index contributed by atoms with van der Waals surface area (Å²) in [5, 5.41) is 19.0. The van der Waals surface area contributed by atoms with Gasteiger partial charge in [0.05, 0.1) is 40.8 Å². The van der Waals surface area contributed by atoms with Crippen molar-refractivity contribution >= 4 is 34.7 Å². The molecule has 0 aromatic heterocycles. The van der Waals surface area contributed by atoms with Crippen LogP contribution in [0.25, 0.3) is 0 Å². The summed E-state index contributed by atoms with van der Waals surface area (Å²) in [6, 6.07) is 13.3. The lowest BCUT2D eigenvalue weighted by Gasteiger charge is -2.28. The summed E-state index contributed by atoms with van der Waals surface area (Å²) in [5.74, 6) is -0.597. The predicted molar refractivity (Wildman–Crippen MR) is 141 cm³/mol. The van der Waals surface area contributed by atoms with Crippen LogP contribution in [0.5, 0.6) is 0 Å². The van der Waals surface area contributed by atoms with Gasteiger partial charge in [-0.3, -0.25) is 19.7 Å². The lowest BCUT2D eigenvalue weighted by atomic mass is 9.79. The normalized spacial score (nSPS) is 11.8. The summed E-state index contributed by atoms with van der Waals surface area (Å²) in [7, 11) is 1.36. The van der Waals surface area contributed by atoms with Crippen molar-refractivity contribution in [1.29, 1.82) is 0 Å². The maximum absolute atomic E-state index is 12.7. The van der Waals surface area contributed by atoms with E-state index in [1.807, 2.05) is 58.9 Å². The number of methoxy groups -OCH3 is 1. The minimum atomic E-state index is -0.724. The van der Waals surface area contributed by atoms with Gasteiger partial charge in [-0.15, -0.1) is 0 Å². The SMILES string of the molecule is CCN(CCOC(=O)C(C)(C)CCC(C)(C)C(=O)OC)c1ccc(N=Nc2ccc([N+](=O)[O-])cc2)cc1. The van der Waals surface area contributed by atoms with Crippen molar-refractivity contribution in [2.75, 3.05) is 31.7 Å². The van der Waals surface area contributed by atoms with Gasteiger partial charge in [0.25, 0.3) is 5.69 Å². The fourth-order valence-electron chi connectivity index (χ4n) is 3.51. The zero-order valence-corrected chi connectivity index (χ0v) is 22.4. The van der Waals surface area contributed by atoms with Crippen LogP contribution in [0.4, 0.5) is 22.7 Å². The molecule has 0 unspecified atom stereocenters. The zero-order chi connectivity index (χ0) is 27.6. The Morgan fingerprint density at radius 2 is 1.38 bits per heavy atom. The van der Waals surface area contributed by atoms with Gasteiger partial charge in [-0.25, -0.2) is 0 Å². The number of likely N-dealkylation sites (N-methyl/N-ethyl adjacent to an activating group) is 1. The van der Waals surface area contributed by atoms with Crippen LogP contribution >= 0.6 is 0 Å². The minimum Gasteiger partial charge on any atom is -0.469 e. The molecule has 200 valence electrons. The van der Waals surface area contributed by atoms with Crippen molar-refractivity contribution in [3.63, 3.8) is 0 Å². The number of carbonyl (C=O) groups is 2. The van der Waals surface area contributed by atoms with Crippen molar-refractivity contribution in [3.8, 4) is 0 Å². The van der Waals surface area contributed by atoms with Crippen molar-refractivity contribution in [1.82, 2.24) is 0 Å². The van der Waals surface area contributed by atoms with Crippen LogP contribution < -0.4 is 4.90 Å². The number of rotatable bonds is 13. The number of nitro benzene ring substituents is 1. The quantitative estimate of drug-likeness (QED) is 0.132. The zero-order valence-electron chi connectivity index (χ0n) is 22.4. The van der Waals surface area contributed by atoms with E-state index >= 15 is 0 Å². The van der Waals surface area contributed by atoms with E-state index in [9.17, 15) is 19.7 Å². The van der Waals surface area contributed by atoms with Gasteiger partial charge in [-0.05, 0) is 83.9 Å². The molecule has 10 heteroatoms. The lowest BCUT2D eigenvalue weighted by molar-refractivity contribution is -0.384. The molecule has 10 nitrogen and oxygen atoms in total. The van der Waals surface area contributed by atoms with E-state index in [1.54, 1.807) is 0 Å². The molecule has 0 heterocycles. The van der Waals surface area contributed by atoms with E-state index in [2.05, 4.69) is 15.1 Å². The summed E-state index contributed by atoms with van der Waals surface area (Å²) in [5.41, 5.74) is 0.716. The van der Waals surface area contributed by atoms with Gasteiger partial charge in [0.1, 0.15) is 6.61 Å². The van der Waals surface area contributed by atoms with Gasteiger partial charge < -0.3 is 14.4 Å². The Hall–Kier alpha value is -3.82. The standard InChI is InChI=1S/C27H36N4O6/c1-7-30(18-19-37-25(33)27(4,5)17-16-26(2,3)24(32)36-6)22-12-8-20(9-13-22)28-29-21-10-14-23(15-11-21)31(34)35/h8-15H,7,16-19H2,1-6H3. The van der Waals surface area contributed by atoms with Gasteiger partial charge in [0, 0.05) is 24.4 Å². The third-order valence-electron chi connectivity index (χ3n) is 6.20. The van der Waals surface area contributed by atoms with Gasteiger partial charge in [-0.2, -0.15) is 10.2 Å². The van der Waals surface area contributed by atoms with Crippen LogP contribution in [-0.4, -0.2) is 43.7 Å².